The van der Waals surface area contributed by atoms with Crippen LogP contribution in [0.4, 0.5) is 4.39 Å². The van der Waals surface area contributed by atoms with Crippen LogP contribution in [0.3, 0.4) is 0 Å². The molecule has 0 bridgehead atoms. The second-order valence-corrected chi connectivity index (χ2v) is 8.20. The number of thiophene rings is 1. The minimum Gasteiger partial charge on any atom is -0.356 e. The van der Waals surface area contributed by atoms with Crippen molar-refractivity contribution >= 4 is 27.5 Å². The average Bonchev–Trinajstić information content (AvgIpc) is 3.07. The molecule has 0 saturated carbocycles. The summed E-state index contributed by atoms with van der Waals surface area (Å²) in [6, 6.07) is 6.35. The zero-order chi connectivity index (χ0) is 19.5. The van der Waals surface area contributed by atoms with Gasteiger partial charge in [-0.3, -0.25) is 14.2 Å². The number of hydrogen-bond acceptors (Lipinski definition) is 4. The van der Waals surface area contributed by atoms with Crippen molar-refractivity contribution in [3.05, 3.63) is 62.8 Å². The molecule has 1 N–H and O–H groups in total. The van der Waals surface area contributed by atoms with Crippen LogP contribution in [0.2, 0.25) is 0 Å². The van der Waals surface area contributed by atoms with Gasteiger partial charge in [0.1, 0.15) is 10.6 Å². The summed E-state index contributed by atoms with van der Waals surface area (Å²) < 4.78 is 14.7. The quantitative estimate of drug-likeness (QED) is 0.692. The smallest absolute Gasteiger partial charge is 0.262 e. The number of nitrogens with zero attached hydrogens (tertiary/aromatic N) is 2. The molecule has 1 aliphatic carbocycles. The molecule has 3 aromatic rings. The van der Waals surface area contributed by atoms with Gasteiger partial charge in [-0.15, -0.1) is 11.3 Å². The Bertz CT molecular complexity index is 1070. The van der Waals surface area contributed by atoms with E-state index in [1.54, 1.807) is 23.7 Å². The SMILES string of the molecule is O=C(CCn1cnc2sc3c(c2c1=O)CCCC3)NCCc1cccc(F)c1. The number of benzene rings is 1. The van der Waals surface area contributed by atoms with E-state index in [1.165, 1.54) is 28.0 Å². The molecule has 2 heterocycles. The van der Waals surface area contributed by atoms with Crippen molar-refractivity contribution in [3.63, 3.8) is 0 Å². The molecule has 7 heteroatoms. The first kappa shape index (κ1) is 18.8. The first-order valence-electron chi connectivity index (χ1n) is 9.62. The highest BCUT2D eigenvalue weighted by molar-refractivity contribution is 7.18. The largest absolute Gasteiger partial charge is 0.356 e. The summed E-state index contributed by atoms with van der Waals surface area (Å²) in [4.78, 5) is 31.5. The van der Waals surface area contributed by atoms with Crippen LogP contribution < -0.4 is 10.9 Å². The first-order valence-corrected chi connectivity index (χ1v) is 10.4. The fraction of sp³-hybridized carbons (Fsp3) is 0.381. The molecule has 0 spiro atoms. The van der Waals surface area contributed by atoms with Crippen LogP contribution in [0.25, 0.3) is 10.2 Å². The maximum absolute atomic E-state index is 13.2. The Morgan fingerprint density at radius 1 is 1.29 bits per heavy atom. The second-order valence-electron chi connectivity index (χ2n) is 7.11. The number of carbonyl (C=O) groups excluding carboxylic acids is 1. The summed E-state index contributed by atoms with van der Waals surface area (Å²) in [6.07, 6.45) is 6.58. The number of fused-ring (bicyclic) bond motifs is 3. The lowest BCUT2D eigenvalue weighted by Gasteiger charge is -2.10. The summed E-state index contributed by atoms with van der Waals surface area (Å²) >= 11 is 1.63. The van der Waals surface area contributed by atoms with E-state index in [1.807, 2.05) is 6.07 Å². The number of amides is 1. The third-order valence-corrected chi connectivity index (χ3v) is 6.35. The Morgan fingerprint density at radius 2 is 2.14 bits per heavy atom. The lowest BCUT2D eigenvalue weighted by atomic mass is 9.97. The predicted molar refractivity (Wildman–Crippen MR) is 108 cm³/mol. The Balaban J connectivity index is 1.36. The van der Waals surface area contributed by atoms with Gasteiger partial charge in [-0.05, 0) is 55.4 Å². The average molecular weight is 399 g/mol. The maximum Gasteiger partial charge on any atom is 0.262 e. The van der Waals surface area contributed by atoms with Gasteiger partial charge in [0.2, 0.25) is 5.91 Å². The molecule has 1 aliphatic rings. The van der Waals surface area contributed by atoms with Crippen LogP contribution in [-0.4, -0.2) is 22.0 Å². The van der Waals surface area contributed by atoms with Gasteiger partial charge in [0.15, 0.2) is 0 Å². The zero-order valence-electron chi connectivity index (χ0n) is 15.5. The summed E-state index contributed by atoms with van der Waals surface area (Å²) in [5.41, 5.74) is 1.96. The fourth-order valence-electron chi connectivity index (χ4n) is 3.69. The van der Waals surface area contributed by atoms with Crippen molar-refractivity contribution < 1.29 is 9.18 Å². The number of hydrogen-bond donors (Lipinski definition) is 1. The normalized spacial score (nSPS) is 13.5. The Labute approximate surface area is 166 Å². The molecule has 28 heavy (non-hydrogen) atoms. The van der Waals surface area contributed by atoms with E-state index >= 15 is 0 Å². The van der Waals surface area contributed by atoms with Gasteiger partial charge in [0, 0.05) is 24.4 Å². The highest BCUT2D eigenvalue weighted by atomic mass is 32.1. The highest BCUT2D eigenvalue weighted by Crippen LogP contribution is 2.33. The molecule has 1 aromatic carbocycles. The zero-order valence-corrected chi connectivity index (χ0v) is 16.4. The predicted octanol–water partition coefficient (Wildman–Crippen LogP) is 3.22. The van der Waals surface area contributed by atoms with Crippen LogP contribution in [0.1, 0.15) is 35.3 Å². The van der Waals surface area contributed by atoms with Gasteiger partial charge in [0.25, 0.3) is 5.56 Å². The Hall–Kier alpha value is -2.54. The molecule has 0 saturated heterocycles. The van der Waals surface area contributed by atoms with E-state index in [2.05, 4.69) is 10.3 Å². The summed E-state index contributed by atoms with van der Waals surface area (Å²) in [5.74, 6) is -0.405. The molecule has 0 atom stereocenters. The van der Waals surface area contributed by atoms with Crippen molar-refractivity contribution in [2.24, 2.45) is 0 Å². The van der Waals surface area contributed by atoms with Gasteiger partial charge >= 0.3 is 0 Å². The van der Waals surface area contributed by atoms with Gasteiger partial charge in [-0.2, -0.15) is 0 Å². The Morgan fingerprint density at radius 3 is 3.00 bits per heavy atom. The highest BCUT2D eigenvalue weighted by Gasteiger charge is 2.20. The van der Waals surface area contributed by atoms with Crippen molar-refractivity contribution in [1.82, 2.24) is 14.9 Å². The molecule has 0 fully saturated rings. The Kier molecular flexibility index (Phi) is 5.52. The van der Waals surface area contributed by atoms with Gasteiger partial charge in [-0.1, -0.05) is 12.1 Å². The molecule has 0 unspecified atom stereocenters. The van der Waals surface area contributed by atoms with Crippen molar-refractivity contribution in [3.8, 4) is 0 Å². The van der Waals surface area contributed by atoms with E-state index in [0.717, 1.165) is 40.6 Å². The number of halogens is 1. The molecule has 0 aliphatic heterocycles. The van der Waals surface area contributed by atoms with Crippen LogP contribution in [0.5, 0.6) is 0 Å². The second kappa shape index (κ2) is 8.22. The van der Waals surface area contributed by atoms with Crippen molar-refractivity contribution in [1.29, 1.82) is 0 Å². The van der Waals surface area contributed by atoms with Gasteiger partial charge in [-0.25, -0.2) is 9.37 Å². The van der Waals surface area contributed by atoms with Gasteiger partial charge < -0.3 is 5.32 Å². The molecule has 5 nitrogen and oxygen atoms in total. The molecule has 1 amide bonds. The van der Waals surface area contributed by atoms with E-state index in [4.69, 9.17) is 0 Å². The minimum atomic E-state index is -0.276. The van der Waals surface area contributed by atoms with Gasteiger partial charge in [0.05, 0.1) is 11.7 Å². The van der Waals surface area contributed by atoms with E-state index in [-0.39, 0.29) is 23.7 Å². The number of aryl methyl sites for hydroxylation is 3. The molecular weight excluding hydrogens is 377 g/mol. The topological polar surface area (TPSA) is 64.0 Å². The number of rotatable bonds is 6. The molecule has 146 valence electrons. The van der Waals surface area contributed by atoms with Crippen LogP contribution >= 0.6 is 11.3 Å². The minimum absolute atomic E-state index is 0.0445. The lowest BCUT2D eigenvalue weighted by molar-refractivity contribution is -0.121. The molecule has 4 rings (SSSR count). The summed E-state index contributed by atoms with van der Waals surface area (Å²) in [7, 11) is 0. The number of carbonyl (C=O) groups is 1. The third-order valence-electron chi connectivity index (χ3n) is 5.15. The standard InChI is InChI=1S/C21H22FN3O2S/c22-15-5-3-4-14(12-15)8-10-23-18(26)9-11-25-13-24-20-19(21(25)27)16-6-1-2-7-17(16)28-20/h3-5,12-13H,1-2,6-11H2,(H,23,26). The van der Waals surface area contributed by atoms with E-state index < -0.39 is 0 Å². The number of nitrogens with one attached hydrogen (secondary N) is 1. The van der Waals surface area contributed by atoms with Crippen molar-refractivity contribution in [2.45, 2.75) is 45.1 Å². The monoisotopic (exact) mass is 399 g/mol. The van der Waals surface area contributed by atoms with Crippen molar-refractivity contribution in [2.75, 3.05) is 6.54 Å². The summed E-state index contributed by atoms with van der Waals surface area (Å²) in [5, 5.41) is 3.57. The lowest BCUT2D eigenvalue weighted by Crippen LogP contribution is -2.29. The maximum atomic E-state index is 13.2. The molecule has 2 aromatic heterocycles. The van der Waals surface area contributed by atoms with E-state index in [9.17, 15) is 14.0 Å². The van der Waals surface area contributed by atoms with Crippen LogP contribution in [0, 0.1) is 5.82 Å². The summed E-state index contributed by atoms with van der Waals surface area (Å²) in [6.45, 7) is 0.741. The molecular formula is C21H22FN3O2S. The fourth-order valence-corrected chi connectivity index (χ4v) is 4.91. The first-order chi connectivity index (χ1) is 13.6. The number of aromatic nitrogens is 2. The molecule has 0 radical (unpaired) electrons. The third kappa shape index (κ3) is 3.99. The van der Waals surface area contributed by atoms with Crippen LogP contribution in [0.15, 0.2) is 35.4 Å². The van der Waals surface area contributed by atoms with Crippen LogP contribution in [-0.2, 0) is 30.6 Å². The van der Waals surface area contributed by atoms with E-state index in [0.29, 0.717) is 19.5 Å².